The van der Waals surface area contributed by atoms with E-state index in [2.05, 4.69) is 24.6 Å². The summed E-state index contributed by atoms with van der Waals surface area (Å²) in [6.45, 7) is 6.84. The Morgan fingerprint density at radius 2 is 2.11 bits per heavy atom. The minimum atomic E-state index is -1.19. The molecule has 5 heteroatoms. The number of carboxylic acid groups (broad SMARTS) is 1. The van der Waals surface area contributed by atoms with Gasteiger partial charge in [0.15, 0.2) is 5.54 Å². The zero-order valence-electron chi connectivity index (χ0n) is 11.5. The molecule has 0 aliphatic heterocycles. The number of carbonyl (C=O) groups excluding carboxylic acids is 1. The van der Waals surface area contributed by atoms with Gasteiger partial charge in [-0.25, -0.2) is 9.59 Å². The van der Waals surface area contributed by atoms with Gasteiger partial charge in [0.2, 0.25) is 6.08 Å². The zero-order chi connectivity index (χ0) is 13.8. The maximum atomic E-state index is 11.5. The van der Waals surface area contributed by atoms with Crippen LogP contribution < -0.4 is 0 Å². The van der Waals surface area contributed by atoms with Crippen LogP contribution in [0.15, 0.2) is 4.99 Å². The van der Waals surface area contributed by atoms with Crippen molar-refractivity contribution < 1.29 is 14.7 Å². The summed E-state index contributed by atoms with van der Waals surface area (Å²) in [4.78, 5) is 25.8. The van der Waals surface area contributed by atoms with Crippen molar-refractivity contribution in [1.29, 1.82) is 0 Å². The standard InChI is InChI=1S/C13H23NO3Si/c1-18(2,3)9-7-11-6-4-5-8-13(11,12(16)17)14-10-15/h11H,4-9H2,1-3H3,(H,16,17). The number of carbonyl (C=O) groups is 1. The third kappa shape index (κ3) is 3.53. The summed E-state index contributed by atoms with van der Waals surface area (Å²) >= 11 is 0. The molecule has 18 heavy (non-hydrogen) atoms. The highest BCUT2D eigenvalue weighted by Gasteiger charge is 2.47. The van der Waals surface area contributed by atoms with Gasteiger partial charge in [-0.15, -0.1) is 0 Å². The zero-order valence-corrected chi connectivity index (χ0v) is 12.5. The number of hydrogen-bond acceptors (Lipinski definition) is 3. The molecule has 0 radical (unpaired) electrons. The van der Waals surface area contributed by atoms with Crippen molar-refractivity contribution in [1.82, 2.24) is 0 Å². The lowest BCUT2D eigenvalue weighted by molar-refractivity contribution is -0.147. The molecular weight excluding hydrogens is 246 g/mol. The first-order valence-corrected chi connectivity index (χ1v) is 10.3. The van der Waals surface area contributed by atoms with Crippen LogP contribution in [0.3, 0.4) is 0 Å². The third-order valence-electron chi connectivity index (χ3n) is 3.89. The topological polar surface area (TPSA) is 66.7 Å². The maximum Gasteiger partial charge on any atom is 0.332 e. The summed E-state index contributed by atoms with van der Waals surface area (Å²) in [6, 6.07) is 1.08. The van der Waals surface area contributed by atoms with Crippen molar-refractivity contribution in [3.8, 4) is 0 Å². The van der Waals surface area contributed by atoms with Crippen molar-refractivity contribution in [3.05, 3.63) is 0 Å². The molecule has 0 saturated heterocycles. The van der Waals surface area contributed by atoms with E-state index in [-0.39, 0.29) is 5.92 Å². The Hall–Kier alpha value is -0.933. The van der Waals surface area contributed by atoms with Crippen molar-refractivity contribution >= 4 is 20.1 Å². The first-order valence-electron chi connectivity index (χ1n) is 6.64. The second kappa shape index (κ2) is 5.80. The average Bonchev–Trinajstić information content (AvgIpc) is 2.26. The number of carboxylic acids is 1. The molecule has 1 fully saturated rings. The van der Waals surface area contributed by atoms with Gasteiger partial charge in [0.1, 0.15) is 0 Å². The molecule has 4 nitrogen and oxygen atoms in total. The highest BCUT2D eigenvalue weighted by molar-refractivity contribution is 6.76. The molecule has 1 saturated carbocycles. The Bertz CT molecular complexity index is 354. The van der Waals surface area contributed by atoms with Gasteiger partial charge in [-0.2, -0.15) is 4.99 Å². The Labute approximate surface area is 110 Å². The van der Waals surface area contributed by atoms with Crippen molar-refractivity contribution in [2.75, 3.05) is 0 Å². The first-order chi connectivity index (χ1) is 8.32. The van der Waals surface area contributed by atoms with E-state index in [1.165, 1.54) is 6.08 Å². The van der Waals surface area contributed by atoms with Crippen LogP contribution in [0.2, 0.25) is 25.7 Å². The van der Waals surface area contributed by atoms with Crippen LogP contribution in [0.25, 0.3) is 0 Å². The molecule has 0 amide bonds. The second-order valence-corrected chi connectivity index (χ2v) is 12.1. The average molecular weight is 269 g/mol. The van der Waals surface area contributed by atoms with Crippen LogP contribution in [-0.4, -0.2) is 30.8 Å². The number of hydrogen-bond donors (Lipinski definition) is 1. The molecule has 0 aromatic heterocycles. The number of nitrogens with zero attached hydrogens (tertiary/aromatic N) is 1. The van der Waals surface area contributed by atoms with Gasteiger partial charge in [-0.3, -0.25) is 0 Å². The summed E-state index contributed by atoms with van der Waals surface area (Å²) in [7, 11) is -1.19. The fourth-order valence-corrected chi connectivity index (χ4v) is 3.99. The smallest absolute Gasteiger partial charge is 0.332 e. The maximum absolute atomic E-state index is 11.5. The molecule has 1 rings (SSSR count). The van der Waals surface area contributed by atoms with Gasteiger partial charge in [-0.1, -0.05) is 38.5 Å². The summed E-state index contributed by atoms with van der Waals surface area (Å²) in [6.07, 6.45) is 5.58. The summed E-state index contributed by atoms with van der Waals surface area (Å²) < 4.78 is 0. The molecule has 2 unspecified atom stereocenters. The molecule has 0 spiro atoms. The van der Waals surface area contributed by atoms with E-state index in [9.17, 15) is 14.7 Å². The molecule has 1 aliphatic carbocycles. The third-order valence-corrected chi connectivity index (χ3v) is 5.68. The Kier molecular flexibility index (Phi) is 4.88. The number of isocyanates is 1. The SMILES string of the molecule is C[Si](C)(C)CCC1CCCCC1(N=C=O)C(=O)O. The Morgan fingerprint density at radius 1 is 1.44 bits per heavy atom. The second-order valence-electron chi connectivity index (χ2n) is 6.47. The summed E-state index contributed by atoms with van der Waals surface area (Å²) in [5, 5.41) is 9.46. The van der Waals surface area contributed by atoms with Crippen LogP contribution in [0.5, 0.6) is 0 Å². The Balaban J connectivity index is 2.89. The molecule has 102 valence electrons. The fraction of sp³-hybridized carbons (Fsp3) is 0.846. The van der Waals surface area contributed by atoms with Crippen LogP contribution in [0.4, 0.5) is 0 Å². The van der Waals surface area contributed by atoms with Gasteiger partial charge in [-0.05, 0) is 25.2 Å². The number of aliphatic carboxylic acids is 1. The molecule has 1 aliphatic rings. The number of aliphatic imine (C=N–C) groups is 1. The molecule has 1 N–H and O–H groups in total. The lowest BCUT2D eigenvalue weighted by Crippen LogP contribution is -2.46. The van der Waals surface area contributed by atoms with E-state index in [1.54, 1.807) is 0 Å². The van der Waals surface area contributed by atoms with E-state index in [0.717, 1.165) is 31.7 Å². The predicted molar refractivity (Wildman–Crippen MR) is 73.2 cm³/mol. The highest BCUT2D eigenvalue weighted by Crippen LogP contribution is 2.40. The van der Waals surface area contributed by atoms with E-state index < -0.39 is 19.6 Å². The van der Waals surface area contributed by atoms with E-state index in [0.29, 0.717) is 6.42 Å². The van der Waals surface area contributed by atoms with Crippen LogP contribution >= 0.6 is 0 Å². The monoisotopic (exact) mass is 269 g/mol. The van der Waals surface area contributed by atoms with Crippen LogP contribution in [-0.2, 0) is 9.59 Å². The minimum Gasteiger partial charge on any atom is -0.479 e. The predicted octanol–water partition coefficient (Wildman–Crippen LogP) is 3.06. The van der Waals surface area contributed by atoms with Crippen molar-refractivity contribution in [2.24, 2.45) is 10.9 Å². The lowest BCUT2D eigenvalue weighted by atomic mass is 9.72. The van der Waals surface area contributed by atoms with Gasteiger partial charge in [0, 0.05) is 8.07 Å². The van der Waals surface area contributed by atoms with E-state index >= 15 is 0 Å². The lowest BCUT2D eigenvalue weighted by Gasteiger charge is -2.37. The summed E-state index contributed by atoms with van der Waals surface area (Å²) in [5.74, 6) is -0.956. The summed E-state index contributed by atoms with van der Waals surface area (Å²) in [5.41, 5.74) is -1.19. The van der Waals surface area contributed by atoms with E-state index in [4.69, 9.17) is 0 Å². The van der Waals surface area contributed by atoms with E-state index in [1.807, 2.05) is 0 Å². The van der Waals surface area contributed by atoms with Crippen molar-refractivity contribution in [3.63, 3.8) is 0 Å². The van der Waals surface area contributed by atoms with Gasteiger partial charge >= 0.3 is 5.97 Å². The largest absolute Gasteiger partial charge is 0.479 e. The molecule has 0 aromatic carbocycles. The molecule has 0 aromatic rings. The molecular formula is C13H23NO3Si. The van der Waals surface area contributed by atoms with Gasteiger partial charge in [0.25, 0.3) is 0 Å². The number of rotatable bonds is 5. The molecule has 0 heterocycles. The molecule has 2 atom stereocenters. The van der Waals surface area contributed by atoms with Crippen LogP contribution in [0.1, 0.15) is 32.1 Å². The highest BCUT2D eigenvalue weighted by atomic mass is 28.3. The van der Waals surface area contributed by atoms with Gasteiger partial charge < -0.3 is 5.11 Å². The van der Waals surface area contributed by atoms with Gasteiger partial charge in [0.05, 0.1) is 0 Å². The fourth-order valence-electron chi connectivity index (χ4n) is 2.78. The minimum absolute atomic E-state index is 0.00285. The Morgan fingerprint density at radius 3 is 2.61 bits per heavy atom. The van der Waals surface area contributed by atoms with Crippen LogP contribution in [0, 0.1) is 5.92 Å². The van der Waals surface area contributed by atoms with Crippen molar-refractivity contribution in [2.45, 2.75) is 63.3 Å². The quantitative estimate of drug-likeness (QED) is 0.474. The normalized spacial score (nSPS) is 28.5. The first kappa shape index (κ1) is 15.1. The molecule has 0 bridgehead atoms.